The molecule has 4 nitrogen and oxygen atoms in total. The Labute approximate surface area is 252 Å². The summed E-state index contributed by atoms with van der Waals surface area (Å²) in [5.41, 5.74) is 0. The summed E-state index contributed by atoms with van der Waals surface area (Å²) in [6.07, 6.45) is 39.6. The van der Waals surface area contributed by atoms with Gasteiger partial charge in [0.15, 0.2) is 0 Å². The van der Waals surface area contributed by atoms with E-state index in [0.717, 1.165) is 77.0 Å². The summed E-state index contributed by atoms with van der Waals surface area (Å²) < 4.78 is 17.5. The molecule has 0 aromatic rings. The lowest BCUT2D eigenvalue weighted by Crippen LogP contribution is -2.17. The second-order valence-electron chi connectivity index (χ2n) is 11.4. The van der Waals surface area contributed by atoms with Crippen LogP contribution in [0, 0.1) is 0 Å². The third-order valence-corrected chi connectivity index (χ3v) is 7.41. The van der Waals surface area contributed by atoms with Crippen LogP contribution in [0.25, 0.3) is 0 Å². The first kappa shape index (κ1) is 39.1. The van der Waals surface area contributed by atoms with E-state index in [1.165, 1.54) is 64.2 Å². The van der Waals surface area contributed by atoms with Gasteiger partial charge in [-0.2, -0.15) is 0 Å². The number of esters is 1. The third-order valence-electron chi connectivity index (χ3n) is 7.41. The molecule has 238 valence electrons. The average molecular weight is 579 g/mol. The highest BCUT2D eigenvalue weighted by atomic mass is 19.3. The van der Waals surface area contributed by atoms with Crippen LogP contribution < -0.4 is 0 Å². The Morgan fingerprint density at radius 3 is 1.61 bits per heavy atom. The minimum Gasteiger partial charge on any atom is -0.462 e. The van der Waals surface area contributed by atoms with Gasteiger partial charge in [-0.05, 0) is 70.6 Å². The van der Waals surface area contributed by atoms with Crippen LogP contribution in [-0.4, -0.2) is 18.0 Å². The standard InChI is InChI=1S/C36H63FO4/c1-3-5-7-9-10-11-12-13-14-15-16-17-21-24-28-32-35(38)40-34(30-26-8-6-4-2)31-27-23-20-18-19-22-25-29-33-36(39)41-37/h10-11,13-14,23,27,34H,3-9,12,15-22,24-26,28-33H2,1-2H3/b11-10-,14-13-,27-23-. The molecule has 0 heterocycles. The van der Waals surface area contributed by atoms with E-state index in [1.807, 2.05) is 0 Å². The number of halogens is 1. The van der Waals surface area contributed by atoms with Crippen molar-refractivity contribution in [3.05, 3.63) is 36.5 Å². The topological polar surface area (TPSA) is 52.6 Å². The van der Waals surface area contributed by atoms with Crippen molar-refractivity contribution in [1.29, 1.82) is 0 Å². The van der Waals surface area contributed by atoms with Gasteiger partial charge in [-0.15, -0.1) is 0 Å². The number of ether oxygens (including phenoxy) is 1. The first-order valence-corrected chi connectivity index (χ1v) is 17.1. The first-order valence-electron chi connectivity index (χ1n) is 17.1. The molecule has 0 aromatic carbocycles. The average Bonchev–Trinajstić information content (AvgIpc) is 2.97. The number of carbonyl (C=O) groups is 2. The number of hydrogen-bond acceptors (Lipinski definition) is 4. The molecule has 0 aromatic heterocycles. The predicted octanol–water partition coefficient (Wildman–Crippen LogP) is 11.8. The minimum atomic E-state index is -0.774. The normalized spacial score (nSPS) is 12.6. The molecule has 0 aliphatic carbocycles. The van der Waals surface area contributed by atoms with Crippen molar-refractivity contribution < 1.29 is 23.8 Å². The molecule has 0 radical (unpaired) electrons. The monoisotopic (exact) mass is 578 g/mol. The fraction of sp³-hybridized carbons (Fsp3) is 0.778. The van der Waals surface area contributed by atoms with Gasteiger partial charge in [0.05, 0.1) is 0 Å². The van der Waals surface area contributed by atoms with Crippen molar-refractivity contribution in [1.82, 2.24) is 0 Å². The van der Waals surface area contributed by atoms with E-state index in [9.17, 15) is 14.1 Å². The Bertz CT molecular complexity index is 670. The Morgan fingerprint density at radius 1 is 0.561 bits per heavy atom. The third kappa shape index (κ3) is 30.9. The van der Waals surface area contributed by atoms with Crippen LogP contribution in [0.15, 0.2) is 36.5 Å². The van der Waals surface area contributed by atoms with E-state index in [4.69, 9.17) is 4.74 Å². The molecule has 0 spiro atoms. The molecule has 0 bridgehead atoms. The van der Waals surface area contributed by atoms with Crippen molar-refractivity contribution in [2.45, 2.75) is 180 Å². The van der Waals surface area contributed by atoms with Gasteiger partial charge in [0.2, 0.25) is 0 Å². The quantitative estimate of drug-likeness (QED) is 0.0483. The molecule has 0 saturated heterocycles. The number of carbonyl (C=O) groups excluding carboxylic acids is 2. The summed E-state index contributed by atoms with van der Waals surface area (Å²) in [7, 11) is 0. The maximum atomic E-state index is 12.5. The molecule has 0 fully saturated rings. The van der Waals surface area contributed by atoms with Crippen molar-refractivity contribution in [3.63, 3.8) is 0 Å². The summed E-state index contributed by atoms with van der Waals surface area (Å²) in [5, 5.41) is 0. The van der Waals surface area contributed by atoms with Gasteiger partial charge in [-0.25, -0.2) is 4.79 Å². The van der Waals surface area contributed by atoms with Crippen LogP contribution in [-0.2, 0) is 19.3 Å². The molecule has 0 aliphatic rings. The Balaban J connectivity index is 3.96. The maximum Gasteiger partial charge on any atom is 0.348 e. The van der Waals surface area contributed by atoms with Crippen LogP contribution in [0.5, 0.6) is 0 Å². The van der Waals surface area contributed by atoms with Crippen LogP contribution in [0.4, 0.5) is 4.53 Å². The SMILES string of the molecule is CCCCC/C=C\C/C=C\CCCCCCCC(=O)OC(C/C=C\CCCCCCCC(=O)OF)CCCCCC. The highest BCUT2D eigenvalue weighted by Crippen LogP contribution is 2.16. The molecular formula is C36H63FO4. The zero-order chi connectivity index (χ0) is 30.1. The fourth-order valence-corrected chi connectivity index (χ4v) is 4.82. The first-order chi connectivity index (χ1) is 20.1. The van der Waals surface area contributed by atoms with Crippen LogP contribution in [0.1, 0.15) is 174 Å². The van der Waals surface area contributed by atoms with Crippen molar-refractivity contribution in [3.8, 4) is 0 Å². The molecular weight excluding hydrogens is 515 g/mol. The van der Waals surface area contributed by atoms with Crippen LogP contribution >= 0.6 is 0 Å². The number of allylic oxidation sites excluding steroid dienone is 5. The summed E-state index contributed by atoms with van der Waals surface area (Å²) in [6.45, 7) is 4.45. The molecule has 1 unspecified atom stereocenters. The summed E-state index contributed by atoms with van der Waals surface area (Å²) in [5.74, 6) is -0.815. The highest BCUT2D eigenvalue weighted by Gasteiger charge is 2.13. The molecule has 0 amide bonds. The van der Waals surface area contributed by atoms with Gasteiger partial charge in [-0.3, -0.25) is 9.74 Å². The fourth-order valence-electron chi connectivity index (χ4n) is 4.82. The van der Waals surface area contributed by atoms with E-state index in [1.54, 1.807) is 0 Å². The summed E-state index contributed by atoms with van der Waals surface area (Å²) in [4.78, 5) is 26.4. The number of unbranched alkanes of at least 4 members (excludes halogenated alkanes) is 16. The maximum absolute atomic E-state index is 12.5. The van der Waals surface area contributed by atoms with Gasteiger partial charge in [0.1, 0.15) is 6.10 Å². The van der Waals surface area contributed by atoms with Crippen molar-refractivity contribution in [2.75, 3.05) is 0 Å². The van der Waals surface area contributed by atoms with Crippen LogP contribution in [0.3, 0.4) is 0 Å². The van der Waals surface area contributed by atoms with Gasteiger partial charge in [0.25, 0.3) is 0 Å². The van der Waals surface area contributed by atoms with Crippen molar-refractivity contribution >= 4 is 11.9 Å². The zero-order valence-corrected chi connectivity index (χ0v) is 26.7. The summed E-state index contributed by atoms with van der Waals surface area (Å²) in [6, 6.07) is 0. The lowest BCUT2D eigenvalue weighted by Gasteiger charge is -2.16. The van der Waals surface area contributed by atoms with Crippen LogP contribution in [0.2, 0.25) is 0 Å². The molecule has 1 atom stereocenters. The second-order valence-corrected chi connectivity index (χ2v) is 11.4. The van der Waals surface area contributed by atoms with E-state index in [0.29, 0.717) is 12.8 Å². The van der Waals surface area contributed by atoms with Gasteiger partial charge in [-0.1, -0.05) is 121 Å². The highest BCUT2D eigenvalue weighted by molar-refractivity contribution is 5.69. The minimum absolute atomic E-state index is 0.0103. The Morgan fingerprint density at radius 2 is 1.02 bits per heavy atom. The van der Waals surface area contributed by atoms with Gasteiger partial charge in [0, 0.05) is 23.8 Å². The van der Waals surface area contributed by atoms with E-state index >= 15 is 0 Å². The molecule has 41 heavy (non-hydrogen) atoms. The number of hydrogen-bond donors (Lipinski definition) is 0. The smallest absolute Gasteiger partial charge is 0.348 e. The largest absolute Gasteiger partial charge is 0.462 e. The predicted molar refractivity (Wildman–Crippen MR) is 171 cm³/mol. The molecule has 0 N–H and O–H groups in total. The van der Waals surface area contributed by atoms with E-state index in [2.05, 4.69) is 55.2 Å². The Kier molecular flexibility index (Phi) is 31.1. The Hall–Kier alpha value is -1.91. The van der Waals surface area contributed by atoms with E-state index < -0.39 is 5.97 Å². The van der Waals surface area contributed by atoms with Crippen molar-refractivity contribution in [2.24, 2.45) is 0 Å². The summed E-state index contributed by atoms with van der Waals surface area (Å²) >= 11 is 0. The van der Waals surface area contributed by atoms with Gasteiger partial charge >= 0.3 is 11.9 Å². The lowest BCUT2D eigenvalue weighted by molar-refractivity contribution is -0.183. The number of rotatable bonds is 30. The lowest BCUT2D eigenvalue weighted by atomic mass is 10.1. The van der Waals surface area contributed by atoms with Gasteiger partial charge < -0.3 is 4.74 Å². The molecule has 0 rings (SSSR count). The zero-order valence-electron chi connectivity index (χ0n) is 26.7. The molecule has 0 saturated carbocycles. The second kappa shape index (κ2) is 32.6. The van der Waals surface area contributed by atoms with E-state index in [-0.39, 0.29) is 18.5 Å². The molecule has 5 heteroatoms. The molecule has 0 aliphatic heterocycles.